The van der Waals surface area contributed by atoms with E-state index in [1.54, 1.807) is 17.9 Å². The van der Waals surface area contributed by atoms with Crippen LogP contribution in [0.15, 0.2) is 17.0 Å². The van der Waals surface area contributed by atoms with Crippen molar-refractivity contribution in [2.45, 2.75) is 6.61 Å². The minimum Gasteiger partial charge on any atom is -0.373 e. The Kier molecular flexibility index (Phi) is 6.05. The van der Waals surface area contributed by atoms with Gasteiger partial charge in [-0.3, -0.25) is 8.86 Å². The summed E-state index contributed by atoms with van der Waals surface area (Å²) in [4.78, 5) is 8.66. The van der Waals surface area contributed by atoms with Crippen LogP contribution in [0, 0.1) is 0 Å². The molecule has 0 unspecified atom stereocenters. The van der Waals surface area contributed by atoms with Crippen LogP contribution in [0.2, 0.25) is 0 Å². The van der Waals surface area contributed by atoms with Crippen LogP contribution in [0.1, 0.15) is 5.69 Å². The van der Waals surface area contributed by atoms with Gasteiger partial charge in [-0.2, -0.15) is 17.6 Å². The molecule has 15 heteroatoms. The number of aromatic nitrogens is 6. The maximum atomic E-state index is 11.9. The lowest BCUT2D eigenvalue weighted by molar-refractivity contribution is 0.0874. The molecule has 0 aliphatic heterocycles. The minimum atomic E-state index is -3.61. The number of fused-ring (bicyclic) bond motifs is 1. The number of rotatable bonds is 8. The lowest BCUT2D eigenvalue weighted by atomic mass is 10.2. The molecule has 0 saturated carbocycles. The summed E-state index contributed by atoms with van der Waals surface area (Å²) in [5.41, 5.74) is 1.80. The quantitative estimate of drug-likeness (QED) is 0.306. The summed E-state index contributed by atoms with van der Waals surface area (Å²) in [7, 11) is -5.42. The highest BCUT2D eigenvalue weighted by Gasteiger charge is 2.20. The van der Waals surface area contributed by atoms with Crippen molar-refractivity contribution in [3.05, 3.63) is 22.7 Å². The zero-order valence-corrected chi connectivity index (χ0v) is 18.8. The molecular formula is C14H17BrN6O6S2. The average Bonchev–Trinajstić information content (AvgIpc) is 3.14. The number of hydrogen-bond donors (Lipinski definition) is 0. The molecular weight excluding hydrogens is 492 g/mol. The van der Waals surface area contributed by atoms with Gasteiger partial charge < -0.3 is 4.74 Å². The smallest absolute Gasteiger partial charge is 0.264 e. The fourth-order valence-electron chi connectivity index (χ4n) is 2.46. The molecule has 0 aliphatic rings. The SMILES string of the molecule is Cn1ncc(-c2ncc3c(n2)c(Br)nn3S(C)(=O)=O)c1COCCOS(C)(=O)=O. The summed E-state index contributed by atoms with van der Waals surface area (Å²) >= 11 is 3.22. The summed E-state index contributed by atoms with van der Waals surface area (Å²) in [6.07, 6.45) is 4.92. The third-order valence-corrected chi connectivity index (χ3v) is 5.77. The number of nitrogens with zero attached hydrogens (tertiary/aromatic N) is 6. The van der Waals surface area contributed by atoms with E-state index in [4.69, 9.17) is 4.74 Å². The van der Waals surface area contributed by atoms with E-state index < -0.39 is 20.1 Å². The lowest BCUT2D eigenvalue weighted by Crippen LogP contribution is -2.11. The fraction of sp³-hybridized carbons (Fsp3) is 0.429. The first-order chi connectivity index (χ1) is 13.5. The fourth-order valence-corrected chi connectivity index (χ4v) is 4.11. The predicted molar refractivity (Wildman–Crippen MR) is 106 cm³/mol. The van der Waals surface area contributed by atoms with Crippen LogP contribution in [-0.2, 0) is 42.7 Å². The van der Waals surface area contributed by atoms with E-state index in [0.717, 1.165) is 16.6 Å². The molecule has 0 aromatic carbocycles. The van der Waals surface area contributed by atoms with Gasteiger partial charge in [-0.05, 0) is 15.9 Å². The van der Waals surface area contributed by atoms with Crippen molar-refractivity contribution in [1.29, 1.82) is 0 Å². The molecule has 0 saturated heterocycles. The zero-order valence-electron chi connectivity index (χ0n) is 15.6. The Morgan fingerprint density at radius 3 is 2.52 bits per heavy atom. The van der Waals surface area contributed by atoms with E-state index in [1.165, 1.54) is 6.20 Å². The number of ether oxygens (including phenoxy) is 1. The highest BCUT2D eigenvalue weighted by atomic mass is 79.9. The first-order valence-corrected chi connectivity index (χ1v) is 12.5. The second kappa shape index (κ2) is 8.06. The van der Waals surface area contributed by atoms with Crippen molar-refractivity contribution >= 4 is 47.1 Å². The first kappa shape index (κ1) is 21.8. The molecule has 0 aliphatic carbocycles. The molecule has 12 nitrogen and oxygen atoms in total. The Hall–Kier alpha value is -1.94. The molecule has 0 N–H and O–H groups in total. The lowest BCUT2D eigenvalue weighted by Gasteiger charge is -2.07. The number of aryl methyl sites for hydroxylation is 1. The molecule has 3 rings (SSSR count). The maximum Gasteiger partial charge on any atom is 0.264 e. The highest BCUT2D eigenvalue weighted by molar-refractivity contribution is 9.10. The first-order valence-electron chi connectivity index (χ1n) is 8.02. The molecule has 0 spiro atoms. The van der Waals surface area contributed by atoms with Gasteiger partial charge >= 0.3 is 0 Å². The van der Waals surface area contributed by atoms with Gasteiger partial charge in [0, 0.05) is 7.05 Å². The topological polar surface area (TPSA) is 148 Å². The Balaban J connectivity index is 1.86. The van der Waals surface area contributed by atoms with Crippen molar-refractivity contribution in [2.24, 2.45) is 7.05 Å². The van der Waals surface area contributed by atoms with E-state index >= 15 is 0 Å². The van der Waals surface area contributed by atoms with E-state index in [2.05, 4.69) is 40.3 Å². The molecule has 0 fully saturated rings. The molecule has 0 atom stereocenters. The van der Waals surface area contributed by atoms with Crippen molar-refractivity contribution in [2.75, 3.05) is 25.7 Å². The van der Waals surface area contributed by atoms with Crippen LogP contribution in [0.25, 0.3) is 22.4 Å². The van der Waals surface area contributed by atoms with Gasteiger partial charge in [0.15, 0.2) is 10.4 Å². The van der Waals surface area contributed by atoms with Crippen LogP contribution in [0.5, 0.6) is 0 Å². The van der Waals surface area contributed by atoms with Crippen LogP contribution in [-0.4, -0.2) is 71.5 Å². The summed E-state index contributed by atoms with van der Waals surface area (Å²) in [6.45, 7) is 0.0699. The van der Waals surface area contributed by atoms with Crippen LogP contribution < -0.4 is 0 Å². The van der Waals surface area contributed by atoms with Gasteiger partial charge in [0.25, 0.3) is 20.1 Å². The zero-order chi connectivity index (χ0) is 21.4. The Morgan fingerprint density at radius 2 is 1.86 bits per heavy atom. The Bertz CT molecular complexity index is 1270. The second-order valence-electron chi connectivity index (χ2n) is 6.03. The Labute approximate surface area is 175 Å². The molecule has 29 heavy (non-hydrogen) atoms. The highest BCUT2D eigenvalue weighted by Crippen LogP contribution is 2.26. The maximum absolute atomic E-state index is 11.9. The van der Waals surface area contributed by atoms with Gasteiger partial charge in [0.2, 0.25) is 0 Å². The van der Waals surface area contributed by atoms with Gasteiger partial charge in [-0.15, -0.1) is 5.10 Å². The van der Waals surface area contributed by atoms with Crippen LogP contribution >= 0.6 is 15.9 Å². The van der Waals surface area contributed by atoms with Crippen molar-refractivity contribution in [3.8, 4) is 11.4 Å². The predicted octanol–water partition coefficient (Wildman–Crippen LogP) is 0.290. The van der Waals surface area contributed by atoms with E-state index in [0.29, 0.717) is 22.6 Å². The van der Waals surface area contributed by atoms with E-state index in [-0.39, 0.29) is 29.9 Å². The molecule has 3 aromatic heterocycles. The van der Waals surface area contributed by atoms with Crippen molar-refractivity contribution in [3.63, 3.8) is 0 Å². The average molecular weight is 509 g/mol. The van der Waals surface area contributed by atoms with Crippen molar-refractivity contribution < 1.29 is 25.8 Å². The monoisotopic (exact) mass is 508 g/mol. The summed E-state index contributed by atoms with van der Waals surface area (Å²) < 4.78 is 58.4. The molecule has 3 heterocycles. The van der Waals surface area contributed by atoms with Gasteiger partial charge in [0.05, 0.1) is 56.0 Å². The van der Waals surface area contributed by atoms with Crippen LogP contribution in [0.4, 0.5) is 0 Å². The molecule has 3 aromatic rings. The Morgan fingerprint density at radius 1 is 1.14 bits per heavy atom. The van der Waals surface area contributed by atoms with Crippen molar-refractivity contribution in [1.82, 2.24) is 28.9 Å². The largest absolute Gasteiger partial charge is 0.373 e. The third-order valence-electron chi connectivity index (χ3n) is 3.73. The van der Waals surface area contributed by atoms with Crippen LogP contribution in [0.3, 0.4) is 0 Å². The summed E-state index contributed by atoms with van der Waals surface area (Å²) in [6, 6.07) is 0. The van der Waals surface area contributed by atoms with Gasteiger partial charge in [-0.1, -0.05) is 0 Å². The van der Waals surface area contributed by atoms with Gasteiger partial charge in [0.1, 0.15) is 11.0 Å². The molecule has 0 radical (unpaired) electrons. The number of halogens is 1. The van der Waals surface area contributed by atoms with E-state index in [1.807, 2.05) is 0 Å². The minimum absolute atomic E-state index is 0.0598. The second-order valence-corrected chi connectivity index (χ2v) is 10.2. The third kappa shape index (κ3) is 4.98. The van der Waals surface area contributed by atoms with E-state index in [9.17, 15) is 16.8 Å². The standard InChI is InChI=1S/C14H17BrN6O6S2/c1-20-11(8-26-4-5-27-29(3,24)25)9(6-17-20)14-16-7-10-12(18-14)13(15)19-21(10)28(2,22)23/h6-7H,4-5,8H2,1-3H3. The molecule has 0 bridgehead atoms. The van der Waals surface area contributed by atoms with Gasteiger partial charge in [-0.25, -0.2) is 18.4 Å². The summed E-state index contributed by atoms with van der Waals surface area (Å²) in [5, 5.41) is 8.13. The molecule has 158 valence electrons. The summed E-state index contributed by atoms with van der Waals surface area (Å²) in [5.74, 6) is 0.310. The normalized spacial score (nSPS) is 12.7. The molecule has 0 amide bonds. The number of hydrogen-bond acceptors (Lipinski definition) is 10.